The van der Waals surface area contributed by atoms with Gasteiger partial charge >= 0.3 is 5.97 Å². The number of halogens is 1. The van der Waals surface area contributed by atoms with Crippen LogP contribution in [0, 0.1) is 5.92 Å². The van der Waals surface area contributed by atoms with Gasteiger partial charge in [-0.3, -0.25) is 4.99 Å². The molecule has 0 aromatic heterocycles. The van der Waals surface area contributed by atoms with Crippen molar-refractivity contribution in [2.45, 2.75) is 26.6 Å². The smallest absolute Gasteiger partial charge is 0.337 e. The number of fused-ring (bicyclic) bond motifs is 1. The fraction of sp³-hybridized carbons (Fsp3) is 0.300. The monoisotopic (exact) mass is 416 g/mol. The SMILES string of the molecule is CC(C)COc1ccc(Br)cc1CN1C=CC2=CC1N=CC(C(=O)O)=C2. The summed E-state index contributed by atoms with van der Waals surface area (Å²) < 4.78 is 6.95. The summed E-state index contributed by atoms with van der Waals surface area (Å²) in [5, 5.41) is 9.21. The third-order valence-electron chi connectivity index (χ3n) is 4.02. The van der Waals surface area contributed by atoms with Gasteiger partial charge in [0.1, 0.15) is 11.9 Å². The van der Waals surface area contributed by atoms with Crippen LogP contribution >= 0.6 is 15.9 Å². The van der Waals surface area contributed by atoms with Crippen molar-refractivity contribution < 1.29 is 14.6 Å². The second-order valence-electron chi connectivity index (χ2n) is 6.71. The summed E-state index contributed by atoms with van der Waals surface area (Å²) in [5.41, 5.74) is 2.09. The van der Waals surface area contributed by atoms with Crippen molar-refractivity contribution in [3.05, 3.63) is 63.8 Å². The molecule has 2 aliphatic rings. The van der Waals surface area contributed by atoms with Gasteiger partial charge in [0, 0.05) is 29.0 Å². The minimum atomic E-state index is -0.974. The Hall–Kier alpha value is -2.34. The second kappa shape index (κ2) is 7.91. The number of aliphatic carboxylic acids is 1. The molecule has 0 saturated carbocycles. The van der Waals surface area contributed by atoms with Crippen molar-refractivity contribution in [3.8, 4) is 5.75 Å². The van der Waals surface area contributed by atoms with Gasteiger partial charge in [0.25, 0.3) is 0 Å². The van der Waals surface area contributed by atoms with Crippen molar-refractivity contribution in [3.63, 3.8) is 0 Å². The predicted molar refractivity (Wildman–Crippen MR) is 105 cm³/mol. The molecule has 0 amide bonds. The van der Waals surface area contributed by atoms with E-state index < -0.39 is 5.97 Å². The Morgan fingerprint density at radius 2 is 2.23 bits per heavy atom. The molecule has 2 heterocycles. The molecule has 2 aliphatic heterocycles. The zero-order chi connectivity index (χ0) is 18.7. The molecule has 136 valence electrons. The number of carboxylic acids is 1. The number of ether oxygens (including phenoxy) is 1. The Kier molecular flexibility index (Phi) is 5.61. The molecule has 1 aromatic carbocycles. The Morgan fingerprint density at radius 1 is 1.42 bits per heavy atom. The zero-order valence-corrected chi connectivity index (χ0v) is 16.3. The van der Waals surface area contributed by atoms with Crippen LogP contribution in [0.5, 0.6) is 5.75 Å². The number of aliphatic imine (C=N–C) groups is 1. The van der Waals surface area contributed by atoms with E-state index in [1.165, 1.54) is 6.21 Å². The molecule has 5 nitrogen and oxygen atoms in total. The molecule has 2 bridgehead atoms. The van der Waals surface area contributed by atoms with Crippen molar-refractivity contribution in [2.75, 3.05) is 6.61 Å². The van der Waals surface area contributed by atoms with Crippen LogP contribution in [-0.2, 0) is 11.3 Å². The van der Waals surface area contributed by atoms with E-state index in [2.05, 4.69) is 39.7 Å². The first-order chi connectivity index (χ1) is 12.4. The first kappa shape index (κ1) is 18.5. The van der Waals surface area contributed by atoms with E-state index in [9.17, 15) is 9.90 Å². The largest absolute Gasteiger partial charge is 0.493 e. The lowest BCUT2D eigenvalue weighted by Gasteiger charge is -2.29. The highest BCUT2D eigenvalue weighted by molar-refractivity contribution is 9.10. The number of rotatable bonds is 6. The van der Waals surface area contributed by atoms with Crippen LogP contribution in [0.4, 0.5) is 0 Å². The minimum absolute atomic E-state index is 0.189. The lowest BCUT2D eigenvalue weighted by molar-refractivity contribution is -0.132. The van der Waals surface area contributed by atoms with Crippen LogP contribution in [0.25, 0.3) is 0 Å². The highest BCUT2D eigenvalue weighted by Crippen LogP contribution is 2.28. The van der Waals surface area contributed by atoms with E-state index in [4.69, 9.17) is 4.74 Å². The average molecular weight is 417 g/mol. The second-order valence-corrected chi connectivity index (χ2v) is 7.62. The van der Waals surface area contributed by atoms with Crippen molar-refractivity contribution in [1.82, 2.24) is 4.90 Å². The van der Waals surface area contributed by atoms with Gasteiger partial charge in [-0.1, -0.05) is 29.8 Å². The summed E-state index contributed by atoms with van der Waals surface area (Å²) in [6.07, 6.45) is 8.63. The van der Waals surface area contributed by atoms with Gasteiger partial charge in [-0.2, -0.15) is 0 Å². The molecule has 1 N–H and O–H groups in total. The highest BCUT2D eigenvalue weighted by Gasteiger charge is 2.21. The number of carbonyl (C=O) groups is 1. The molecule has 1 unspecified atom stereocenters. The van der Waals surface area contributed by atoms with E-state index in [0.717, 1.165) is 21.4 Å². The molecule has 1 atom stereocenters. The standard InChI is InChI=1S/C20H21BrN2O3/c1-13(2)12-26-18-4-3-17(21)9-16(18)11-23-6-5-14-7-15(20(24)25)10-22-19(23)8-14/h3-10,13,19H,11-12H2,1-2H3,(H,24,25). The van der Waals surface area contributed by atoms with Crippen LogP contribution in [0.2, 0.25) is 0 Å². The van der Waals surface area contributed by atoms with Gasteiger partial charge < -0.3 is 14.7 Å². The Balaban J connectivity index is 1.81. The number of hydrogen-bond acceptors (Lipinski definition) is 4. The van der Waals surface area contributed by atoms with Crippen LogP contribution in [0.15, 0.2) is 63.2 Å². The summed E-state index contributed by atoms with van der Waals surface area (Å²) in [7, 11) is 0. The first-order valence-electron chi connectivity index (χ1n) is 8.47. The fourth-order valence-electron chi connectivity index (χ4n) is 2.72. The van der Waals surface area contributed by atoms with Crippen molar-refractivity contribution >= 4 is 28.1 Å². The summed E-state index contributed by atoms with van der Waals surface area (Å²) in [6, 6.07) is 5.98. The third-order valence-corrected chi connectivity index (χ3v) is 4.52. The molecular formula is C20H21BrN2O3. The van der Waals surface area contributed by atoms with E-state index in [0.29, 0.717) is 19.1 Å². The molecular weight excluding hydrogens is 396 g/mol. The molecule has 1 aromatic rings. The number of allylic oxidation sites excluding steroid dienone is 3. The molecule has 0 aliphatic carbocycles. The van der Waals surface area contributed by atoms with E-state index >= 15 is 0 Å². The molecule has 6 heteroatoms. The van der Waals surface area contributed by atoms with Crippen LogP contribution < -0.4 is 4.74 Å². The maximum atomic E-state index is 11.2. The molecule has 0 saturated heterocycles. The summed E-state index contributed by atoms with van der Waals surface area (Å²) in [6.45, 7) is 5.50. The Labute approximate surface area is 161 Å². The van der Waals surface area contributed by atoms with Gasteiger partial charge in [-0.05, 0) is 47.9 Å². The quantitative estimate of drug-likeness (QED) is 0.755. The minimum Gasteiger partial charge on any atom is -0.493 e. The van der Waals surface area contributed by atoms with Gasteiger partial charge in [-0.15, -0.1) is 0 Å². The number of carboxylic acid groups (broad SMARTS) is 1. The molecule has 0 radical (unpaired) electrons. The maximum absolute atomic E-state index is 11.2. The van der Waals surface area contributed by atoms with E-state index in [1.54, 1.807) is 6.08 Å². The van der Waals surface area contributed by atoms with Crippen molar-refractivity contribution in [1.29, 1.82) is 0 Å². The van der Waals surface area contributed by atoms with Crippen LogP contribution in [0.3, 0.4) is 0 Å². The normalized spacial score (nSPS) is 18.5. The van der Waals surface area contributed by atoms with Gasteiger partial charge in [0.05, 0.1) is 12.2 Å². The van der Waals surface area contributed by atoms with Crippen LogP contribution in [-0.4, -0.2) is 35.0 Å². The lowest BCUT2D eigenvalue weighted by Crippen LogP contribution is -2.29. The van der Waals surface area contributed by atoms with Crippen molar-refractivity contribution in [2.24, 2.45) is 10.9 Å². The molecule has 0 spiro atoms. The fourth-order valence-corrected chi connectivity index (χ4v) is 3.13. The average Bonchev–Trinajstić information content (AvgIpc) is 2.76. The van der Waals surface area contributed by atoms with Gasteiger partial charge in [0.2, 0.25) is 0 Å². The van der Waals surface area contributed by atoms with Crippen LogP contribution in [0.1, 0.15) is 19.4 Å². The Bertz CT molecular complexity index is 824. The van der Waals surface area contributed by atoms with Gasteiger partial charge in [0.15, 0.2) is 0 Å². The summed E-state index contributed by atoms with van der Waals surface area (Å²) in [4.78, 5) is 17.7. The number of hydrogen-bond donors (Lipinski definition) is 1. The number of benzene rings is 1. The molecule has 3 rings (SSSR count). The Morgan fingerprint density at radius 3 is 2.96 bits per heavy atom. The highest BCUT2D eigenvalue weighted by atomic mass is 79.9. The predicted octanol–water partition coefficient (Wildman–Crippen LogP) is 4.16. The van der Waals surface area contributed by atoms with E-state index in [1.807, 2.05) is 36.6 Å². The zero-order valence-electron chi connectivity index (χ0n) is 14.7. The topological polar surface area (TPSA) is 62.1 Å². The molecule has 26 heavy (non-hydrogen) atoms. The van der Waals surface area contributed by atoms with E-state index in [-0.39, 0.29) is 11.7 Å². The first-order valence-corrected chi connectivity index (χ1v) is 9.27. The third kappa shape index (κ3) is 4.43. The lowest BCUT2D eigenvalue weighted by atomic mass is 10.1. The summed E-state index contributed by atoms with van der Waals surface area (Å²) >= 11 is 3.52. The summed E-state index contributed by atoms with van der Waals surface area (Å²) in [5.74, 6) is 0.324. The maximum Gasteiger partial charge on any atom is 0.337 e. The number of nitrogens with zero attached hydrogens (tertiary/aromatic N) is 2. The van der Waals surface area contributed by atoms with Gasteiger partial charge in [-0.25, -0.2) is 4.79 Å². The molecule has 0 fully saturated rings.